The van der Waals surface area contributed by atoms with Crippen LogP contribution >= 0.6 is 0 Å². The fraction of sp³-hybridized carbons (Fsp3) is 0.0612. The Hall–Kier alpha value is -6.38. The summed E-state index contributed by atoms with van der Waals surface area (Å²) in [5.41, 5.74) is 11.8. The Labute approximate surface area is 298 Å². The highest BCUT2D eigenvalue weighted by Gasteiger charge is 2.39. The Bertz CT molecular complexity index is 2730. The van der Waals surface area contributed by atoms with Crippen molar-refractivity contribution in [1.29, 1.82) is 5.41 Å². The molecule has 0 amide bonds. The predicted octanol–water partition coefficient (Wildman–Crippen LogP) is 12.6. The zero-order valence-corrected chi connectivity index (χ0v) is 28.7. The van der Waals surface area contributed by atoms with E-state index in [4.69, 9.17) is 10.4 Å². The normalized spacial score (nSPS) is 13.6. The number of fused-ring (bicyclic) bond motifs is 7. The molecule has 242 valence electrons. The molecule has 0 atom stereocenters. The second-order valence-corrected chi connectivity index (χ2v) is 13.9. The highest BCUT2D eigenvalue weighted by Crippen LogP contribution is 2.54. The maximum absolute atomic E-state index is 8.95. The number of hydrogen-bond donors (Lipinski definition) is 1. The zero-order valence-electron chi connectivity index (χ0n) is 28.7. The van der Waals surface area contributed by atoms with Crippen molar-refractivity contribution in [1.82, 2.24) is 0 Å². The largest absolute Gasteiger partial charge is 0.300 e. The monoisotopic (exact) mass is 652 g/mol. The van der Waals surface area contributed by atoms with Gasteiger partial charge in [0.2, 0.25) is 0 Å². The standard InChI is InChI=1S/C49H36N2/c1-49(2)47-39-19-9-8-14-33(39)25-28-44(47)43-22-12-21-42(48(43)49)41-27-26-37(38-18-10-11-20-40(38)41)31-51-46(30-45(50)34-15-4-3-5-16-34)36-24-23-32-13-6-7-17-35(32)29-36/h3-31,50H,1-2H3/b46-30-,50-45?,51-31?. The van der Waals surface area contributed by atoms with Crippen LogP contribution in [0.2, 0.25) is 0 Å². The molecule has 1 N–H and O–H groups in total. The van der Waals surface area contributed by atoms with E-state index in [1.165, 1.54) is 54.9 Å². The van der Waals surface area contributed by atoms with Gasteiger partial charge in [-0.15, -0.1) is 0 Å². The van der Waals surface area contributed by atoms with Gasteiger partial charge < -0.3 is 5.41 Å². The van der Waals surface area contributed by atoms with Crippen LogP contribution < -0.4 is 0 Å². The minimum absolute atomic E-state index is 0.174. The van der Waals surface area contributed by atoms with Gasteiger partial charge in [-0.05, 0) is 83.4 Å². The number of benzene rings is 8. The van der Waals surface area contributed by atoms with E-state index in [-0.39, 0.29) is 5.41 Å². The van der Waals surface area contributed by atoms with Gasteiger partial charge in [-0.25, -0.2) is 0 Å². The Balaban J connectivity index is 1.17. The lowest BCUT2D eigenvalue weighted by Crippen LogP contribution is -2.17. The Morgan fingerprint density at radius 1 is 0.490 bits per heavy atom. The number of hydrogen-bond acceptors (Lipinski definition) is 2. The summed E-state index contributed by atoms with van der Waals surface area (Å²) in [6.07, 6.45) is 3.84. The topological polar surface area (TPSA) is 36.2 Å². The van der Waals surface area contributed by atoms with E-state index < -0.39 is 0 Å². The molecule has 0 spiro atoms. The van der Waals surface area contributed by atoms with Gasteiger partial charge in [0.1, 0.15) is 0 Å². The van der Waals surface area contributed by atoms with Crippen molar-refractivity contribution in [2.45, 2.75) is 19.3 Å². The first kappa shape index (κ1) is 30.7. The Kier molecular flexibility index (Phi) is 7.33. The molecule has 1 aliphatic rings. The predicted molar refractivity (Wildman–Crippen MR) is 217 cm³/mol. The Morgan fingerprint density at radius 3 is 1.90 bits per heavy atom. The van der Waals surface area contributed by atoms with Gasteiger partial charge in [0.15, 0.2) is 0 Å². The first-order valence-corrected chi connectivity index (χ1v) is 17.5. The van der Waals surface area contributed by atoms with Gasteiger partial charge in [0.05, 0.1) is 11.4 Å². The van der Waals surface area contributed by atoms with Crippen LogP contribution in [-0.2, 0) is 5.41 Å². The van der Waals surface area contributed by atoms with E-state index in [0.717, 1.165) is 33.2 Å². The van der Waals surface area contributed by atoms with E-state index in [1.807, 2.05) is 42.6 Å². The van der Waals surface area contributed by atoms with Crippen molar-refractivity contribution >= 4 is 49.9 Å². The molecule has 0 radical (unpaired) electrons. The summed E-state index contributed by atoms with van der Waals surface area (Å²) in [5, 5.41) is 16.2. The second kappa shape index (κ2) is 12.2. The molecule has 51 heavy (non-hydrogen) atoms. The van der Waals surface area contributed by atoms with E-state index in [2.05, 4.69) is 147 Å². The molecule has 8 aromatic rings. The van der Waals surface area contributed by atoms with E-state index in [0.29, 0.717) is 5.71 Å². The lowest BCUT2D eigenvalue weighted by molar-refractivity contribution is 0.668. The highest BCUT2D eigenvalue weighted by atomic mass is 14.7. The third kappa shape index (κ3) is 5.19. The first-order chi connectivity index (χ1) is 25.0. The maximum Gasteiger partial charge on any atom is 0.0723 e. The molecular formula is C49H36N2. The average molecular weight is 653 g/mol. The third-order valence-corrected chi connectivity index (χ3v) is 10.5. The fourth-order valence-electron chi connectivity index (χ4n) is 8.16. The van der Waals surface area contributed by atoms with Crippen LogP contribution in [0, 0.1) is 5.41 Å². The molecule has 0 saturated heterocycles. The fourth-order valence-corrected chi connectivity index (χ4v) is 8.16. The van der Waals surface area contributed by atoms with Crippen molar-refractivity contribution in [3.8, 4) is 22.3 Å². The van der Waals surface area contributed by atoms with Gasteiger partial charge in [-0.1, -0.05) is 172 Å². The molecule has 8 aromatic carbocycles. The van der Waals surface area contributed by atoms with Crippen molar-refractivity contribution in [3.05, 3.63) is 198 Å². The van der Waals surface area contributed by atoms with Crippen LogP contribution in [0.4, 0.5) is 0 Å². The number of rotatable bonds is 6. The van der Waals surface area contributed by atoms with Crippen LogP contribution in [-0.4, -0.2) is 11.9 Å². The summed E-state index contributed by atoms with van der Waals surface area (Å²) in [4.78, 5) is 5.12. The molecule has 0 unspecified atom stereocenters. The van der Waals surface area contributed by atoms with Crippen LogP contribution in [0.15, 0.2) is 175 Å². The molecule has 0 aromatic heterocycles. The van der Waals surface area contributed by atoms with Crippen molar-refractivity contribution in [2.75, 3.05) is 0 Å². The number of aliphatic imine (C=N–C) groups is 1. The molecule has 2 heteroatoms. The third-order valence-electron chi connectivity index (χ3n) is 10.5. The summed E-state index contributed by atoms with van der Waals surface area (Å²) in [6.45, 7) is 4.76. The number of nitrogens with zero attached hydrogens (tertiary/aromatic N) is 1. The van der Waals surface area contributed by atoms with E-state index >= 15 is 0 Å². The van der Waals surface area contributed by atoms with Crippen LogP contribution in [0.1, 0.15) is 41.7 Å². The molecular weight excluding hydrogens is 617 g/mol. The number of nitrogens with one attached hydrogen (secondary N) is 1. The lowest BCUT2D eigenvalue weighted by Gasteiger charge is -2.26. The van der Waals surface area contributed by atoms with Crippen molar-refractivity contribution in [3.63, 3.8) is 0 Å². The van der Waals surface area contributed by atoms with Gasteiger partial charge in [-0.2, -0.15) is 0 Å². The average Bonchev–Trinajstić information content (AvgIpc) is 3.43. The smallest absolute Gasteiger partial charge is 0.0723 e. The van der Waals surface area contributed by atoms with Crippen molar-refractivity contribution < 1.29 is 0 Å². The van der Waals surface area contributed by atoms with Crippen LogP contribution in [0.3, 0.4) is 0 Å². The molecule has 0 heterocycles. The summed E-state index contributed by atoms with van der Waals surface area (Å²) in [5.74, 6) is 0. The van der Waals surface area contributed by atoms with E-state index in [9.17, 15) is 0 Å². The molecule has 0 fully saturated rings. The summed E-state index contributed by atoms with van der Waals surface area (Å²) < 4.78 is 0. The van der Waals surface area contributed by atoms with Crippen LogP contribution in [0.5, 0.6) is 0 Å². The molecule has 0 saturated carbocycles. The van der Waals surface area contributed by atoms with E-state index in [1.54, 1.807) is 0 Å². The maximum atomic E-state index is 8.95. The Morgan fingerprint density at radius 2 is 1.10 bits per heavy atom. The molecule has 9 rings (SSSR count). The summed E-state index contributed by atoms with van der Waals surface area (Å²) in [6, 6.07) is 57.9. The van der Waals surface area contributed by atoms with Gasteiger partial charge >= 0.3 is 0 Å². The SMILES string of the molecule is CC1(C)c2c(cccc2-c2ccc(C=N/C(=C\C(=N)c3ccccc3)c3ccc4ccccc4c3)c3ccccc23)-c2ccc3ccccc3c21. The zero-order chi connectivity index (χ0) is 34.5. The minimum atomic E-state index is -0.174. The molecule has 0 bridgehead atoms. The van der Waals surface area contributed by atoms with Crippen LogP contribution in [0.25, 0.3) is 60.3 Å². The summed E-state index contributed by atoms with van der Waals surface area (Å²) >= 11 is 0. The molecule has 1 aliphatic carbocycles. The molecule has 0 aliphatic heterocycles. The lowest BCUT2D eigenvalue weighted by atomic mass is 9.77. The van der Waals surface area contributed by atoms with Gasteiger partial charge in [-0.3, -0.25) is 4.99 Å². The quantitative estimate of drug-likeness (QED) is 0.174. The number of allylic oxidation sites excluding steroid dienone is 1. The van der Waals surface area contributed by atoms with Gasteiger partial charge in [0, 0.05) is 22.8 Å². The minimum Gasteiger partial charge on any atom is -0.300 e. The summed E-state index contributed by atoms with van der Waals surface area (Å²) in [7, 11) is 0. The van der Waals surface area contributed by atoms with Crippen molar-refractivity contribution in [2.24, 2.45) is 4.99 Å². The first-order valence-electron chi connectivity index (χ1n) is 17.5. The molecule has 2 nitrogen and oxygen atoms in total. The second-order valence-electron chi connectivity index (χ2n) is 13.9. The van der Waals surface area contributed by atoms with Gasteiger partial charge in [0.25, 0.3) is 0 Å². The highest BCUT2D eigenvalue weighted by molar-refractivity contribution is 6.12.